The molecule has 1 aromatic heterocycles. The first-order valence-electron chi connectivity index (χ1n) is 9.99. The molecular formula is C23H24N4O4. The molecule has 2 atom stereocenters. The number of ether oxygens (including phenoxy) is 1. The summed E-state index contributed by atoms with van der Waals surface area (Å²) in [6, 6.07) is 15.8. The maximum Gasteiger partial charge on any atom is 0.335 e. The number of nitrogens with zero attached hydrogens (tertiary/aromatic N) is 3. The van der Waals surface area contributed by atoms with Crippen LogP contribution in [0.1, 0.15) is 28.3 Å². The molecular weight excluding hydrogens is 396 g/mol. The van der Waals surface area contributed by atoms with Gasteiger partial charge in [-0.15, -0.1) is 10.2 Å². The van der Waals surface area contributed by atoms with Crippen molar-refractivity contribution < 1.29 is 19.7 Å². The highest BCUT2D eigenvalue weighted by atomic mass is 16.5. The summed E-state index contributed by atoms with van der Waals surface area (Å²) in [6.07, 6.45) is 0.587. The third-order valence-electron chi connectivity index (χ3n) is 5.70. The fourth-order valence-corrected chi connectivity index (χ4v) is 4.16. The number of phenols is 1. The van der Waals surface area contributed by atoms with Gasteiger partial charge in [0.15, 0.2) is 5.82 Å². The number of nitrogens with two attached hydrogens (primary N) is 1. The number of hydrogen-bond acceptors (Lipinski definition) is 7. The molecule has 0 saturated carbocycles. The molecule has 160 valence electrons. The average Bonchev–Trinajstić information content (AvgIpc) is 2.79. The average molecular weight is 420 g/mol. The van der Waals surface area contributed by atoms with Gasteiger partial charge < -0.3 is 25.6 Å². The molecule has 2 unspecified atom stereocenters. The van der Waals surface area contributed by atoms with E-state index in [4.69, 9.17) is 10.5 Å². The van der Waals surface area contributed by atoms with Crippen molar-refractivity contribution in [2.45, 2.75) is 18.4 Å². The van der Waals surface area contributed by atoms with Crippen molar-refractivity contribution in [2.24, 2.45) is 0 Å². The summed E-state index contributed by atoms with van der Waals surface area (Å²) in [4.78, 5) is 13.8. The number of hydrogen-bond donors (Lipinski definition) is 3. The number of anilines is 2. The maximum absolute atomic E-state index is 11.7. The zero-order valence-electron chi connectivity index (χ0n) is 17.1. The minimum absolute atomic E-state index is 0.0628. The first-order chi connectivity index (χ1) is 15.0. The lowest BCUT2D eigenvalue weighted by molar-refractivity contribution is 0.0687. The minimum atomic E-state index is -0.950. The first kappa shape index (κ1) is 20.6. The van der Waals surface area contributed by atoms with Crippen LogP contribution in [0.5, 0.6) is 5.75 Å². The molecule has 31 heavy (non-hydrogen) atoms. The monoisotopic (exact) mass is 420 g/mol. The topological polar surface area (TPSA) is 122 Å². The number of para-hydroxylation sites is 1. The van der Waals surface area contributed by atoms with E-state index < -0.39 is 5.97 Å². The van der Waals surface area contributed by atoms with Crippen LogP contribution in [0.3, 0.4) is 0 Å². The van der Waals surface area contributed by atoms with Gasteiger partial charge >= 0.3 is 5.97 Å². The number of carbonyl (C=O) groups is 1. The van der Waals surface area contributed by atoms with Crippen LogP contribution in [0, 0.1) is 0 Å². The first-order valence-corrected chi connectivity index (χ1v) is 9.99. The molecule has 4 N–H and O–H groups in total. The lowest BCUT2D eigenvalue weighted by Gasteiger charge is -2.39. The molecule has 0 amide bonds. The highest BCUT2D eigenvalue weighted by Crippen LogP contribution is 2.36. The second-order valence-electron chi connectivity index (χ2n) is 7.60. The van der Waals surface area contributed by atoms with Gasteiger partial charge in [-0.2, -0.15) is 0 Å². The molecule has 0 bridgehead atoms. The van der Waals surface area contributed by atoms with E-state index >= 15 is 0 Å². The largest absolute Gasteiger partial charge is 0.507 e. The number of carboxylic acids is 1. The molecule has 0 spiro atoms. The lowest BCUT2D eigenvalue weighted by atomic mass is 9.86. The van der Waals surface area contributed by atoms with Gasteiger partial charge in [-0.25, -0.2) is 4.79 Å². The molecule has 8 nitrogen and oxygen atoms in total. The van der Waals surface area contributed by atoms with Crippen LogP contribution in [-0.4, -0.2) is 52.7 Å². The number of benzene rings is 2. The number of rotatable bonds is 5. The predicted molar refractivity (Wildman–Crippen MR) is 117 cm³/mol. The van der Waals surface area contributed by atoms with Crippen molar-refractivity contribution >= 4 is 17.5 Å². The summed E-state index contributed by atoms with van der Waals surface area (Å²) in [6.45, 7) is 1.14. The highest BCUT2D eigenvalue weighted by molar-refractivity contribution is 5.89. The Labute approximate surface area is 179 Å². The second-order valence-corrected chi connectivity index (χ2v) is 7.60. The zero-order chi connectivity index (χ0) is 22.0. The van der Waals surface area contributed by atoms with Gasteiger partial charge in [-0.3, -0.25) is 0 Å². The Balaban J connectivity index is 1.72. The summed E-state index contributed by atoms with van der Waals surface area (Å²) in [5.41, 5.74) is 8.97. The van der Waals surface area contributed by atoms with Crippen molar-refractivity contribution in [2.75, 3.05) is 30.8 Å². The molecule has 0 aliphatic carbocycles. The van der Waals surface area contributed by atoms with E-state index in [9.17, 15) is 15.0 Å². The molecule has 2 heterocycles. The molecule has 4 rings (SSSR count). The number of methoxy groups -OCH3 is 1. The quantitative estimate of drug-likeness (QED) is 0.575. The van der Waals surface area contributed by atoms with Gasteiger partial charge in [0, 0.05) is 31.7 Å². The molecule has 8 heteroatoms. The molecule has 0 radical (unpaired) electrons. The van der Waals surface area contributed by atoms with Crippen LogP contribution < -0.4 is 10.6 Å². The van der Waals surface area contributed by atoms with E-state index in [-0.39, 0.29) is 23.6 Å². The summed E-state index contributed by atoms with van der Waals surface area (Å²) in [5.74, 6) is -0.642. The molecule has 3 aromatic rings. The standard InChI is InChI=1S/C23H24N4O4/c1-31-15-10-14(16-6-2-3-7-17(16)23(29)30)12-27(13-15)20-11-19(25-26-22(20)24)18-8-4-5-9-21(18)28/h2-9,11,14-15,28H,10,12-13H2,1H3,(H2,24,26)(H,29,30). The number of phenolic OH excluding ortho intramolecular Hbond substituents is 1. The van der Waals surface area contributed by atoms with Gasteiger partial charge in [-0.1, -0.05) is 30.3 Å². The Morgan fingerprint density at radius 1 is 1.13 bits per heavy atom. The van der Waals surface area contributed by atoms with E-state index in [1.54, 1.807) is 43.5 Å². The SMILES string of the molecule is COC1CC(c2ccccc2C(=O)O)CN(c2cc(-c3ccccc3O)nnc2N)C1. The number of aromatic carboxylic acids is 1. The van der Waals surface area contributed by atoms with Crippen molar-refractivity contribution in [1.82, 2.24) is 10.2 Å². The van der Waals surface area contributed by atoms with Crippen molar-refractivity contribution in [3.05, 3.63) is 65.7 Å². The number of nitrogen functional groups attached to an aromatic ring is 1. The van der Waals surface area contributed by atoms with E-state index in [0.29, 0.717) is 42.0 Å². The number of aromatic nitrogens is 2. The fraction of sp³-hybridized carbons (Fsp3) is 0.261. The van der Waals surface area contributed by atoms with Gasteiger partial charge in [0.2, 0.25) is 0 Å². The van der Waals surface area contributed by atoms with Gasteiger partial charge in [0.1, 0.15) is 5.75 Å². The van der Waals surface area contributed by atoms with E-state index in [1.165, 1.54) is 0 Å². The molecule has 1 fully saturated rings. The summed E-state index contributed by atoms with van der Waals surface area (Å²) in [5, 5.41) is 28.1. The van der Waals surface area contributed by atoms with Crippen LogP contribution in [-0.2, 0) is 4.74 Å². The minimum Gasteiger partial charge on any atom is -0.507 e. The van der Waals surface area contributed by atoms with E-state index in [2.05, 4.69) is 15.1 Å². The van der Waals surface area contributed by atoms with Crippen molar-refractivity contribution in [1.29, 1.82) is 0 Å². The van der Waals surface area contributed by atoms with E-state index in [0.717, 1.165) is 5.56 Å². The Morgan fingerprint density at radius 2 is 1.87 bits per heavy atom. The summed E-state index contributed by atoms with van der Waals surface area (Å²) in [7, 11) is 1.65. The van der Waals surface area contributed by atoms with Gasteiger partial charge in [0.05, 0.1) is 23.0 Å². The van der Waals surface area contributed by atoms with Crippen LogP contribution >= 0.6 is 0 Å². The van der Waals surface area contributed by atoms with Gasteiger partial charge in [0.25, 0.3) is 0 Å². The normalized spacial score (nSPS) is 18.7. The Hall–Kier alpha value is -3.65. The zero-order valence-corrected chi connectivity index (χ0v) is 17.1. The van der Waals surface area contributed by atoms with E-state index in [1.807, 2.05) is 18.2 Å². The van der Waals surface area contributed by atoms with Crippen LogP contribution in [0.4, 0.5) is 11.5 Å². The van der Waals surface area contributed by atoms with Gasteiger partial charge in [-0.05, 0) is 36.2 Å². The third-order valence-corrected chi connectivity index (χ3v) is 5.70. The molecule has 1 aliphatic heterocycles. The van der Waals surface area contributed by atoms with Crippen LogP contribution in [0.25, 0.3) is 11.3 Å². The van der Waals surface area contributed by atoms with Crippen LogP contribution in [0.15, 0.2) is 54.6 Å². The summed E-state index contributed by atoms with van der Waals surface area (Å²) >= 11 is 0. The highest BCUT2D eigenvalue weighted by Gasteiger charge is 2.32. The van der Waals surface area contributed by atoms with Crippen LogP contribution in [0.2, 0.25) is 0 Å². The molecule has 1 aliphatic rings. The molecule has 1 saturated heterocycles. The number of carboxylic acid groups (broad SMARTS) is 1. The lowest BCUT2D eigenvalue weighted by Crippen LogP contribution is -2.44. The van der Waals surface area contributed by atoms with Crippen molar-refractivity contribution in [3.8, 4) is 17.0 Å². The van der Waals surface area contributed by atoms with Crippen molar-refractivity contribution in [3.63, 3.8) is 0 Å². The molecule has 2 aromatic carbocycles. The third kappa shape index (κ3) is 4.15. The second kappa shape index (κ2) is 8.61. The fourth-order valence-electron chi connectivity index (χ4n) is 4.16. The Morgan fingerprint density at radius 3 is 2.61 bits per heavy atom. The number of aromatic hydroxyl groups is 1. The Kier molecular flexibility index (Phi) is 5.73. The maximum atomic E-state index is 11.7. The predicted octanol–water partition coefficient (Wildman–Crippen LogP) is 3.14. The number of piperidine rings is 1. The summed E-state index contributed by atoms with van der Waals surface area (Å²) < 4.78 is 5.66. The smallest absolute Gasteiger partial charge is 0.335 e. The Bertz CT molecular complexity index is 1100.